The van der Waals surface area contributed by atoms with Gasteiger partial charge in [-0.2, -0.15) is 11.8 Å². The SMILES string of the molecule is CCNCC(C)C(C)N1CCSC(C)C1. The van der Waals surface area contributed by atoms with Crippen LogP contribution in [0.5, 0.6) is 0 Å². The van der Waals surface area contributed by atoms with Crippen LogP contribution in [0.4, 0.5) is 0 Å². The van der Waals surface area contributed by atoms with Crippen molar-refractivity contribution in [2.45, 2.75) is 39.0 Å². The molecule has 1 fully saturated rings. The third-order valence-electron chi connectivity index (χ3n) is 3.39. The van der Waals surface area contributed by atoms with Crippen LogP contribution in [-0.2, 0) is 0 Å². The monoisotopic (exact) mass is 230 g/mol. The molecule has 0 saturated carbocycles. The van der Waals surface area contributed by atoms with E-state index in [1.807, 2.05) is 0 Å². The number of nitrogens with zero attached hydrogens (tertiary/aromatic N) is 1. The summed E-state index contributed by atoms with van der Waals surface area (Å²) in [6.45, 7) is 14.0. The third-order valence-corrected chi connectivity index (χ3v) is 4.52. The first-order chi connectivity index (χ1) is 7.15. The Morgan fingerprint density at radius 3 is 2.80 bits per heavy atom. The summed E-state index contributed by atoms with van der Waals surface area (Å²) >= 11 is 2.11. The van der Waals surface area contributed by atoms with E-state index in [-0.39, 0.29) is 0 Å². The maximum Gasteiger partial charge on any atom is 0.0147 e. The van der Waals surface area contributed by atoms with Gasteiger partial charge in [0.2, 0.25) is 0 Å². The number of rotatable bonds is 5. The fourth-order valence-electron chi connectivity index (χ4n) is 2.12. The molecule has 1 saturated heterocycles. The molecule has 1 aliphatic rings. The molecule has 3 unspecified atom stereocenters. The van der Waals surface area contributed by atoms with Gasteiger partial charge in [0.25, 0.3) is 0 Å². The average molecular weight is 230 g/mol. The van der Waals surface area contributed by atoms with Crippen molar-refractivity contribution in [2.24, 2.45) is 5.92 Å². The molecule has 0 aromatic carbocycles. The van der Waals surface area contributed by atoms with Gasteiger partial charge in [0.1, 0.15) is 0 Å². The summed E-state index contributed by atoms with van der Waals surface area (Å²) in [5.41, 5.74) is 0. The first kappa shape index (κ1) is 13.3. The van der Waals surface area contributed by atoms with Gasteiger partial charge in [-0.05, 0) is 25.9 Å². The minimum Gasteiger partial charge on any atom is -0.317 e. The van der Waals surface area contributed by atoms with Crippen molar-refractivity contribution in [3.8, 4) is 0 Å². The zero-order valence-corrected chi connectivity index (χ0v) is 11.4. The number of hydrogen-bond acceptors (Lipinski definition) is 3. The summed E-state index contributed by atoms with van der Waals surface area (Å²) in [5.74, 6) is 2.06. The molecule has 1 heterocycles. The highest BCUT2D eigenvalue weighted by molar-refractivity contribution is 7.99. The predicted molar refractivity (Wildman–Crippen MR) is 70.7 cm³/mol. The first-order valence-electron chi connectivity index (χ1n) is 6.21. The molecule has 1 N–H and O–H groups in total. The van der Waals surface area contributed by atoms with Crippen LogP contribution in [0, 0.1) is 5.92 Å². The van der Waals surface area contributed by atoms with Gasteiger partial charge in [-0.25, -0.2) is 0 Å². The molecule has 2 nitrogen and oxygen atoms in total. The van der Waals surface area contributed by atoms with Crippen molar-refractivity contribution in [2.75, 3.05) is 31.9 Å². The van der Waals surface area contributed by atoms with E-state index in [0.29, 0.717) is 6.04 Å². The van der Waals surface area contributed by atoms with Gasteiger partial charge in [0, 0.05) is 30.1 Å². The standard InChI is InChI=1S/C12H26N2S/c1-5-13-8-10(2)12(4)14-6-7-15-11(3)9-14/h10-13H,5-9H2,1-4H3. The maximum absolute atomic E-state index is 3.45. The Hall–Kier alpha value is 0.270. The van der Waals surface area contributed by atoms with E-state index in [9.17, 15) is 0 Å². The van der Waals surface area contributed by atoms with Gasteiger partial charge < -0.3 is 5.32 Å². The van der Waals surface area contributed by atoms with Crippen molar-refractivity contribution in [1.82, 2.24) is 10.2 Å². The third kappa shape index (κ3) is 4.33. The van der Waals surface area contributed by atoms with E-state index in [0.717, 1.165) is 24.3 Å². The largest absolute Gasteiger partial charge is 0.317 e. The lowest BCUT2D eigenvalue weighted by molar-refractivity contribution is 0.167. The molecule has 0 aromatic heterocycles. The Bertz CT molecular complexity index is 175. The second kappa shape index (κ2) is 6.77. The molecule has 90 valence electrons. The second-order valence-electron chi connectivity index (χ2n) is 4.70. The van der Waals surface area contributed by atoms with Crippen LogP contribution in [0.3, 0.4) is 0 Å². The van der Waals surface area contributed by atoms with Crippen LogP contribution < -0.4 is 5.32 Å². The van der Waals surface area contributed by atoms with Gasteiger partial charge in [-0.3, -0.25) is 4.90 Å². The van der Waals surface area contributed by atoms with Crippen molar-refractivity contribution in [1.29, 1.82) is 0 Å². The summed E-state index contributed by atoms with van der Waals surface area (Å²) in [5, 5.41) is 4.26. The molecule has 15 heavy (non-hydrogen) atoms. The van der Waals surface area contributed by atoms with Gasteiger partial charge in [0.05, 0.1) is 0 Å². The molecule has 3 heteroatoms. The van der Waals surface area contributed by atoms with Gasteiger partial charge >= 0.3 is 0 Å². The Morgan fingerprint density at radius 2 is 2.20 bits per heavy atom. The van der Waals surface area contributed by atoms with E-state index in [2.05, 4.69) is 49.7 Å². The predicted octanol–water partition coefficient (Wildman–Crippen LogP) is 2.06. The van der Waals surface area contributed by atoms with Gasteiger partial charge in [-0.15, -0.1) is 0 Å². The zero-order valence-electron chi connectivity index (χ0n) is 10.6. The van der Waals surface area contributed by atoms with Crippen LogP contribution in [0.25, 0.3) is 0 Å². The maximum atomic E-state index is 3.45. The van der Waals surface area contributed by atoms with E-state index in [4.69, 9.17) is 0 Å². The van der Waals surface area contributed by atoms with E-state index in [1.54, 1.807) is 0 Å². The lowest BCUT2D eigenvalue weighted by Crippen LogP contribution is -2.47. The highest BCUT2D eigenvalue weighted by Gasteiger charge is 2.24. The normalized spacial score (nSPS) is 27.6. The fourth-order valence-corrected chi connectivity index (χ4v) is 3.16. The highest BCUT2D eigenvalue weighted by Crippen LogP contribution is 2.21. The number of nitrogens with one attached hydrogen (secondary N) is 1. The second-order valence-corrected chi connectivity index (χ2v) is 6.25. The van der Waals surface area contributed by atoms with Crippen molar-refractivity contribution < 1.29 is 0 Å². The molecule has 0 spiro atoms. The molecule has 0 aromatic rings. The number of thioether (sulfide) groups is 1. The quantitative estimate of drug-likeness (QED) is 0.778. The summed E-state index contributed by atoms with van der Waals surface area (Å²) in [7, 11) is 0. The number of hydrogen-bond donors (Lipinski definition) is 1. The zero-order chi connectivity index (χ0) is 11.3. The molecule has 1 aliphatic heterocycles. The van der Waals surface area contributed by atoms with Crippen LogP contribution >= 0.6 is 11.8 Å². The Morgan fingerprint density at radius 1 is 1.47 bits per heavy atom. The molecule has 0 radical (unpaired) electrons. The first-order valence-corrected chi connectivity index (χ1v) is 7.26. The lowest BCUT2D eigenvalue weighted by Gasteiger charge is -2.38. The average Bonchev–Trinajstić information content (AvgIpc) is 2.24. The van der Waals surface area contributed by atoms with E-state index < -0.39 is 0 Å². The molecule has 0 aliphatic carbocycles. The fraction of sp³-hybridized carbons (Fsp3) is 1.00. The molecule has 1 rings (SSSR count). The van der Waals surface area contributed by atoms with Crippen molar-refractivity contribution in [3.63, 3.8) is 0 Å². The smallest absolute Gasteiger partial charge is 0.0147 e. The van der Waals surface area contributed by atoms with Crippen molar-refractivity contribution >= 4 is 11.8 Å². The topological polar surface area (TPSA) is 15.3 Å². The summed E-state index contributed by atoms with van der Waals surface area (Å²) in [6, 6.07) is 0.715. The van der Waals surface area contributed by atoms with Gasteiger partial charge in [-0.1, -0.05) is 20.8 Å². The van der Waals surface area contributed by atoms with Gasteiger partial charge in [0.15, 0.2) is 0 Å². The summed E-state index contributed by atoms with van der Waals surface area (Å²) in [4.78, 5) is 2.66. The van der Waals surface area contributed by atoms with Crippen LogP contribution in [0.2, 0.25) is 0 Å². The molecular weight excluding hydrogens is 204 g/mol. The Labute approximate surface area is 99.2 Å². The molecular formula is C12H26N2S. The minimum absolute atomic E-state index is 0.715. The summed E-state index contributed by atoms with van der Waals surface area (Å²) < 4.78 is 0. The van der Waals surface area contributed by atoms with Crippen LogP contribution in [-0.4, -0.2) is 48.1 Å². The Kier molecular flexibility index (Phi) is 6.02. The molecule has 0 bridgehead atoms. The minimum atomic E-state index is 0.715. The van der Waals surface area contributed by atoms with E-state index >= 15 is 0 Å². The lowest BCUT2D eigenvalue weighted by atomic mass is 10.0. The van der Waals surface area contributed by atoms with Crippen LogP contribution in [0.1, 0.15) is 27.7 Å². The van der Waals surface area contributed by atoms with E-state index in [1.165, 1.54) is 18.8 Å². The molecule has 3 atom stereocenters. The van der Waals surface area contributed by atoms with Crippen molar-refractivity contribution in [3.05, 3.63) is 0 Å². The highest BCUT2D eigenvalue weighted by atomic mass is 32.2. The summed E-state index contributed by atoms with van der Waals surface area (Å²) in [6.07, 6.45) is 0. The van der Waals surface area contributed by atoms with Crippen LogP contribution in [0.15, 0.2) is 0 Å². The molecule has 0 amide bonds. The Balaban J connectivity index is 2.33.